The molecule has 0 spiro atoms. The van der Waals surface area contributed by atoms with Crippen LogP contribution >= 0.6 is 11.8 Å². The van der Waals surface area contributed by atoms with E-state index < -0.39 is 22.4 Å². The number of nitro benzene ring substituents is 1. The fraction of sp³-hybridized carbons (Fsp3) is 0.417. The molecule has 0 N–H and O–H groups in total. The van der Waals surface area contributed by atoms with E-state index in [4.69, 9.17) is 0 Å². The van der Waals surface area contributed by atoms with E-state index in [1.54, 1.807) is 0 Å². The van der Waals surface area contributed by atoms with E-state index in [0.29, 0.717) is 12.6 Å². The second-order valence-electron chi connectivity index (χ2n) is 5.08. The zero-order chi connectivity index (χ0) is 17.2. The average molecular weight is 347 g/mol. The van der Waals surface area contributed by atoms with Gasteiger partial charge in [0, 0.05) is 12.6 Å². The molecule has 0 bridgehead atoms. The highest BCUT2D eigenvalue weighted by molar-refractivity contribution is 7.99. The lowest BCUT2D eigenvalue weighted by atomic mass is 10.2. The number of tetrazole rings is 1. The first-order chi connectivity index (χ1) is 10.7. The van der Waals surface area contributed by atoms with Gasteiger partial charge in [0.05, 0.1) is 15.4 Å². The Bertz CT molecular complexity index is 717. The van der Waals surface area contributed by atoms with E-state index in [9.17, 15) is 23.3 Å². The van der Waals surface area contributed by atoms with Gasteiger partial charge in [0.25, 0.3) is 5.69 Å². The third-order valence-corrected chi connectivity index (χ3v) is 3.76. The smallest absolute Gasteiger partial charge is 0.258 e. The van der Waals surface area contributed by atoms with Crippen LogP contribution in [0, 0.1) is 16.0 Å². The lowest BCUT2D eigenvalue weighted by Crippen LogP contribution is -2.08. The molecule has 1 heterocycles. The monoisotopic (exact) mass is 347 g/mol. The highest BCUT2D eigenvalue weighted by Gasteiger charge is 2.33. The molecule has 0 amide bonds. The van der Waals surface area contributed by atoms with Crippen LogP contribution in [0.3, 0.4) is 0 Å². The molecule has 1 aromatic heterocycles. The van der Waals surface area contributed by atoms with Crippen molar-refractivity contribution in [3.05, 3.63) is 33.9 Å². The molecule has 0 radical (unpaired) electrons. The first-order valence-electron chi connectivity index (χ1n) is 6.48. The van der Waals surface area contributed by atoms with Gasteiger partial charge >= 0.3 is 6.18 Å². The Hall–Kier alpha value is -2.17. The van der Waals surface area contributed by atoms with Crippen LogP contribution in [-0.4, -0.2) is 25.1 Å². The predicted octanol–water partition coefficient (Wildman–Crippen LogP) is 3.41. The Morgan fingerprint density at radius 3 is 2.65 bits per heavy atom. The zero-order valence-corrected chi connectivity index (χ0v) is 12.9. The maximum atomic E-state index is 12.7. The van der Waals surface area contributed by atoms with Crippen molar-refractivity contribution >= 4 is 17.4 Å². The second kappa shape index (κ2) is 6.52. The molecule has 0 atom stereocenters. The van der Waals surface area contributed by atoms with Crippen molar-refractivity contribution < 1.29 is 18.1 Å². The zero-order valence-electron chi connectivity index (χ0n) is 12.1. The molecule has 0 fully saturated rings. The Labute approximate surface area is 133 Å². The van der Waals surface area contributed by atoms with Crippen LogP contribution in [0.1, 0.15) is 19.4 Å². The largest absolute Gasteiger partial charge is 0.416 e. The van der Waals surface area contributed by atoms with Crippen LogP contribution in [0.2, 0.25) is 0 Å². The maximum absolute atomic E-state index is 12.7. The standard InChI is InChI=1S/C12H12F3N5O2S/c1-7(2)6-19-11(16-17-18-19)23-10-4-3-8(12(13,14)15)5-9(10)20(21)22/h3-5,7H,6H2,1-2H3. The summed E-state index contributed by atoms with van der Waals surface area (Å²) in [7, 11) is 0. The number of benzene rings is 1. The van der Waals surface area contributed by atoms with Crippen LogP contribution in [0.5, 0.6) is 0 Å². The van der Waals surface area contributed by atoms with Crippen LogP contribution in [0.15, 0.2) is 28.3 Å². The molecule has 0 aliphatic carbocycles. The van der Waals surface area contributed by atoms with Crippen molar-refractivity contribution in [3.63, 3.8) is 0 Å². The summed E-state index contributed by atoms with van der Waals surface area (Å²) < 4.78 is 39.5. The van der Waals surface area contributed by atoms with Crippen molar-refractivity contribution in [1.29, 1.82) is 0 Å². The van der Waals surface area contributed by atoms with E-state index in [2.05, 4.69) is 15.5 Å². The molecular weight excluding hydrogens is 335 g/mol. The van der Waals surface area contributed by atoms with Gasteiger partial charge in [0.15, 0.2) is 0 Å². The molecule has 2 rings (SSSR count). The van der Waals surface area contributed by atoms with Gasteiger partial charge in [-0.1, -0.05) is 13.8 Å². The predicted molar refractivity (Wildman–Crippen MR) is 74.9 cm³/mol. The van der Waals surface area contributed by atoms with E-state index in [0.717, 1.165) is 23.9 Å². The average Bonchev–Trinajstić information content (AvgIpc) is 2.84. The summed E-state index contributed by atoms with van der Waals surface area (Å²) in [5.41, 5.74) is -1.71. The van der Waals surface area contributed by atoms with Gasteiger partial charge in [-0.05, 0) is 40.2 Å². The summed E-state index contributed by atoms with van der Waals surface area (Å²) >= 11 is 0.855. The Morgan fingerprint density at radius 2 is 2.09 bits per heavy atom. The number of rotatable bonds is 5. The molecule has 124 valence electrons. The van der Waals surface area contributed by atoms with Crippen molar-refractivity contribution in [2.45, 2.75) is 36.6 Å². The minimum absolute atomic E-state index is 0.0443. The molecule has 0 saturated carbocycles. The molecule has 11 heteroatoms. The van der Waals surface area contributed by atoms with Gasteiger partial charge in [0.2, 0.25) is 5.16 Å². The second-order valence-corrected chi connectivity index (χ2v) is 6.09. The van der Waals surface area contributed by atoms with Crippen LogP contribution in [0.25, 0.3) is 0 Å². The van der Waals surface area contributed by atoms with E-state index in [-0.39, 0.29) is 16.0 Å². The number of hydrogen-bond acceptors (Lipinski definition) is 6. The minimum atomic E-state index is -4.65. The van der Waals surface area contributed by atoms with Crippen LogP contribution in [-0.2, 0) is 12.7 Å². The number of alkyl halides is 3. The molecule has 7 nitrogen and oxygen atoms in total. The summed E-state index contributed by atoms with van der Waals surface area (Å²) in [5, 5.41) is 22.4. The quantitative estimate of drug-likeness (QED) is 0.608. The first-order valence-corrected chi connectivity index (χ1v) is 7.29. The van der Waals surface area contributed by atoms with Crippen molar-refractivity contribution in [3.8, 4) is 0 Å². The topological polar surface area (TPSA) is 86.7 Å². The van der Waals surface area contributed by atoms with Gasteiger partial charge in [-0.2, -0.15) is 13.2 Å². The number of halogens is 3. The molecule has 1 aromatic carbocycles. The lowest BCUT2D eigenvalue weighted by molar-refractivity contribution is -0.388. The Kier molecular flexibility index (Phi) is 4.88. The summed E-state index contributed by atoms with van der Waals surface area (Å²) in [6.45, 7) is 4.37. The van der Waals surface area contributed by atoms with Gasteiger partial charge in [-0.15, -0.1) is 5.10 Å². The van der Waals surface area contributed by atoms with Crippen molar-refractivity contribution in [1.82, 2.24) is 20.2 Å². The molecular formula is C12H12F3N5O2S. The highest BCUT2D eigenvalue weighted by Crippen LogP contribution is 2.38. The number of aromatic nitrogens is 4. The van der Waals surface area contributed by atoms with Crippen LogP contribution in [0.4, 0.5) is 18.9 Å². The summed E-state index contributed by atoms with van der Waals surface area (Å²) in [4.78, 5) is 10.2. The van der Waals surface area contributed by atoms with E-state index in [1.807, 2.05) is 13.8 Å². The van der Waals surface area contributed by atoms with Gasteiger partial charge in [-0.3, -0.25) is 10.1 Å². The Balaban J connectivity index is 2.37. The maximum Gasteiger partial charge on any atom is 0.416 e. The molecule has 2 aromatic rings. The molecule has 23 heavy (non-hydrogen) atoms. The molecule has 0 unspecified atom stereocenters. The SMILES string of the molecule is CC(C)Cn1nnnc1Sc1ccc(C(F)(F)F)cc1[N+](=O)[O-]. The van der Waals surface area contributed by atoms with Gasteiger partial charge in [-0.25, -0.2) is 4.68 Å². The number of nitro groups is 1. The van der Waals surface area contributed by atoms with Crippen molar-refractivity contribution in [2.75, 3.05) is 0 Å². The fourth-order valence-electron chi connectivity index (χ4n) is 1.75. The Morgan fingerprint density at radius 1 is 1.39 bits per heavy atom. The fourth-order valence-corrected chi connectivity index (χ4v) is 2.62. The van der Waals surface area contributed by atoms with Crippen molar-refractivity contribution in [2.24, 2.45) is 5.92 Å². The van der Waals surface area contributed by atoms with E-state index in [1.165, 1.54) is 4.68 Å². The lowest BCUT2D eigenvalue weighted by Gasteiger charge is -2.09. The third-order valence-electron chi connectivity index (χ3n) is 2.72. The van der Waals surface area contributed by atoms with Crippen LogP contribution < -0.4 is 0 Å². The molecule has 0 aliphatic heterocycles. The molecule has 0 aliphatic rings. The van der Waals surface area contributed by atoms with Gasteiger partial charge < -0.3 is 0 Å². The highest BCUT2D eigenvalue weighted by atomic mass is 32.2. The first kappa shape index (κ1) is 17.2. The number of hydrogen-bond donors (Lipinski definition) is 0. The van der Waals surface area contributed by atoms with E-state index >= 15 is 0 Å². The minimum Gasteiger partial charge on any atom is -0.258 e. The summed E-state index contributed by atoms with van der Waals surface area (Å²) in [5.74, 6) is 0.237. The third kappa shape index (κ3) is 4.18. The summed E-state index contributed by atoms with van der Waals surface area (Å²) in [6.07, 6.45) is -4.65. The number of nitrogens with zero attached hydrogens (tertiary/aromatic N) is 5. The molecule has 0 saturated heterocycles. The van der Waals surface area contributed by atoms with Gasteiger partial charge in [0.1, 0.15) is 0 Å². The normalized spacial score (nSPS) is 11.9. The summed E-state index contributed by atoms with van der Waals surface area (Å²) in [6, 6.07) is 2.37.